The van der Waals surface area contributed by atoms with E-state index >= 15 is 0 Å². The lowest BCUT2D eigenvalue weighted by Crippen LogP contribution is -2.27. The molecule has 1 aliphatic carbocycles. The maximum Gasteiger partial charge on any atom is 0.146 e. The lowest BCUT2D eigenvalue weighted by Gasteiger charge is -2.37. The van der Waals surface area contributed by atoms with Crippen LogP contribution in [0.15, 0.2) is 0 Å². The number of hydrogen-bond acceptors (Lipinski definition) is 5. The van der Waals surface area contributed by atoms with Crippen molar-refractivity contribution in [2.75, 3.05) is 41.0 Å². The first-order valence-corrected chi connectivity index (χ1v) is 8.33. The Morgan fingerprint density at radius 1 is 1.00 bits per heavy atom. The minimum absolute atomic E-state index is 0.209. The summed E-state index contributed by atoms with van der Waals surface area (Å²) in [5, 5.41) is 0. The average Bonchev–Trinajstić information content (AvgIpc) is 2.54. The molecule has 0 aromatic heterocycles. The lowest BCUT2D eigenvalue weighted by atomic mass is 9.68. The standard InChI is InChI=1S/C17H32O5/c1-19-14-21-12-16(13-22-15-20-2)6-9-17(10-11-18)7-4-3-5-8-17/h11,16H,3-10,12-15H2,1-2H3. The fourth-order valence-electron chi connectivity index (χ4n) is 3.36. The van der Waals surface area contributed by atoms with Crippen molar-refractivity contribution >= 4 is 6.29 Å². The molecule has 0 amide bonds. The molecule has 1 rings (SSSR count). The van der Waals surface area contributed by atoms with Crippen molar-refractivity contribution in [1.82, 2.24) is 0 Å². The number of rotatable bonds is 13. The van der Waals surface area contributed by atoms with E-state index < -0.39 is 0 Å². The summed E-state index contributed by atoms with van der Waals surface area (Å²) in [4.78, 5) is 11.1. The van der Waals surface area contributed by atoms with E-state index in [1.165, 1.54) is 32.1 Å². The Bertz CT molecular complexity index is 266. The second-order valence-corrected chi connectivity index (χ2v) is 6.39. The molecule has 0 atom stereocenters. The number of carbonyl (C=O) groups is 1. The van der Waals surface area contributed by atoms with Gasteiger partial charge in [-0.2, -0.15) is 0 Å². The van der Waals surface area contributed by atoms with E-state index in [1.54, 1.807) is 14.2 Å². The molecule has 0 N–H and O–H groups in total. The molecule has 0 spiro atoms. The van der Waals surface area contributed by atoms with Gasteiger partial charge in [-0.15, -0.1) is 0 Å². The molecule has 0 saturated heterocycles. The Hall–Kier alpha value is -0.490. The van der Waals surface area contributed by atoms with Crippen LogP contribution in [0.2, 0.25) is 0 Å². The van der Waals surface area contributed by atoms with Gasteiger partial charge in [-0.25, -0.2) is 0 Å². The van der Waals surface area contributed by atoms with Crippen molar-refractivity contribution in [1.29, 1.82) is 0 Å². The summed E-state index contributed by atoms with van der Waals surface area (Å²) >= 11 is 0. The minimum atomic E-state index is 0.209. The van der Waals surface area contributed by atoms with Crippen molar-refractivity contribution in [2.24, 2.45) is 11.3 Å². The molecule has 5 heteroatoms. The van der Waals surface area contributed by atoms with Gasteiger partial charge in [-0.3, -0.25) is 0 Å². The topological polar surface area (TPSA) is 54.0 Å². The van der Waals surface area contributed by atoms with Gasteiger partial charge in [0.1, 0.15) is 19.9 Å². The molecular weight excluding hydrogens is 284 g/mol. The van der Waals surface area contributed by atoms with Crippen molar-refractivity contribution in [3.8, 4) is 0 Å². The predicted molar refractivity (Wildman–Crippen MR) is 84.6 cm³/mol. The van der Waals surface area contributed by atoms with Gasteiger partial charge >= 0.3 is 0 Å². The van der Waals surface area contributed by atoms with Gasteiger partial charge in [0.25, 0.3) is 0 Å². The molecule has 0 aliphatic heterocycles. The zero-order valence-corrected chi connectivity index (χ0v) is 14.2. The molecule has 0 heterocycles. The van der Waals surface area contributed by atoms with Crippen LogP contribution >= 0.6 is 0 Å². The Kier molecular flexibility index (Phi) is 10.7. The smallest absolute Gasteiger partial charge is 0.146 e. The molecule has 0 unspecified atom stereocenters. The largest absolute Gasteiger partial charge is 0.359 e. The van der Waals surface area contributed by atoms with Crippen molar-refractivity contribution in [3.05, 3.63) is 0 Å². The highest BCUT2D eigenvalue weighted by molar-refractivity contribution is 5.50. The Balaban J connectivity index is 2.44. The minimum Gasteiger partial charge on any atom is -0.359 e. The summed E-state index contributed by atoms with van der Waals surface area (Å²) in [6, 6.07) is 0. The van der Waals surface area contributed by atoms with Crippen molar-refractivity contribution in [3.63, 3.8) is 0 Å². The van der Waals surface area contributed by atoms with E-state index in [1.807, 2.05) is 0 Å². The third-order valence-electron chi connectivity index (χ3n) is 4.62. The summed E-state index contributed by atoms with van der Waals surface area (Å²) < 4.78 is 20.9. The van der Waals surface area contributed by atoms with Crippen LogP contribution < -0.4 is 0 Å². The van der Waals surface area contributed by atoms with Crippen LogP contribution in [-0.4, -0.2) is 47.3 Å². The maximum absolute atomic E-state index is 11.1. The van der Waals surface area contributed by atoms with Crippen LogP contribution in [0.3, 0.4) is 0 Å². The summed E-state index contributed by atoms with van der Waals surface area (Å²) in [5.74, 6) is 0.316. The first-order valence-electron chi connectivity index (χ1n) is 8.33. The van der Waals surface area contributed by atoms with E-state index in [0.717, 1.165) is 19.1 Å². The molecule has 0 aromatic rings. The molecule has 1 aliphatic rings. The zero-order valence-electron chi connectivity index (χ0n) is 14.2. The second kappa shape index (κ2) is 12.0. The molecule has 130 valence electrons. The van der Waals surface area contributed by atoms with Gasteiger partial charge in [0.05, 0.1) is 13.2 Å². The summed E-state index contributed by atoms with van der Waals surface area (Å²) in [6.45, 7) is 1.85. The van der Waals surface area contributed by atoms with Gasteiger partial charge < -0.3 is 23.7 Å². The van der Waals surface area contributed by atoms with E-state index in [0.29, 0.717) is 39.1 Å². The third kappa shape index (κ3) is 7.68. The first-order chi connectivity index (χ1) is 10.8. The summed E-state index contributed by atoms with van der Waals surface area (Å²) in [7, 11) is 3.25. The summed E-state index contributed by atoms with van der Waals surface area (Å²) in [5.41, 5.74) is 0.209. The highest BCUT2D eigenvalue weighted by Gasteiger charge is 2.32. The lowest BCUT2D eigenvalue weighted by molar-refractivity contribution is -0.110. The fourth-order valence-corrected chi connectivity index (χ4v) is 3.36. The van der Waals surface area contributed by atoms with Gasteiger partial charge in [0.2, 0.25) is 0 Å². The third-order valence-corrected chi connectivity index (χ3v) is 4.62. The number of ether oxygens (including phenoxy) is 4. The van der Waals surface area contributed by atoms with Crippen LogP contribution in [0, 0.1) is 11.3 Å². The maximum atomic E-state index is 11.1. The second-order valence-electron chi connectivity index (χ2n) is 6.39. The number of aldehydes is 1. The highest BCUT2D eigenvalue weighted by atomic mass is 16.7. The predicted octanol–water partition coefficient (Wildman–Crippen LogP) is 3.16. The zero-order chi connectivity index (χ0) is 16.1. The molecule has 0 aromatic carbocycles. The molecule has 1 saturated carbocycles. The van der Waals surface area contributed by atoms with Crippen LogP contribution in [0.25, 0.3) is 0 Å². The van der Waals surface area contributed by atoms with Gasteiger partial charge in [-0.1, -0.05) is 19.3 Å². The SMILES string of the molecule is COCOCC(CCC1(CC=O)CCCCC1)COCOC. The van der Waals surface area contributed by atoms with E-state index in [2.05, 4.69) is 0 Å². The van der Waals surface area contributed by atoms with Gasteiger partial charge in [0.15, 0.2) is 0 Å². The average molecular weight is 316 g/mol. The molecule has 1 fully saturated rings. The van der Waals surface area contributed by atoms with Gasteiger partial charge in [0, 0.05) is 26.6 Å². The molecular formula is C17H32O5. The van der Waals surface area contributed by atoms with E-state index in [9.17, 15) is 4.79 Å². The number of methoxy groups -OCH3 is 2. The quantitative estimate of drug-likeness (QED) is 0.297. The highest BCUT2D eigenvalue weighted by Crippen LogP contribution is 2.43. The molecule has 0 radical (unpaired) electrons. The normalized spacial score (nSPS) is 17.8. The fraction of sp³-hybridized carbons (Fsp3) is 0.941. The van der Waals surface area contributed by atoms with Crippen LogP contribution in [0.5, 0.6) is 0 Å². The van der Waals surface area contributed by atoms with Crippen LogP contribution in [0.1, 0.15) is 51.4 Å². The Morgan fingerprint density at radius 2 is 1.59 bits per heavy atom. The summed E-state index contributed by atoms with van der Waals surface area (Å²) in [6.07, 6.45) is 10.0. The van der Waals surface area contributed by atoms with Crippen LogP contribution in [0.4, 0.5) is 0 Å². The van der Waals surface area contributed by atoms with Crippen LogP contribution in [-0.2, 0) is 23.7 Å². The monoisotopic (exact) mass is 316 g/mol. The molecule has 0 bridgehead atoms. The Morgan fingerprint density at radius 3 is 2.09 bits per heavy atom. The van der Waals surface area contributed by atoms with Gasteiger partial charge in [-0.05, 0) is 31.1 Å². The molecule has 5 nitrogen and oxygen atoms in total. The van der Waals surface area contributed by atoms with Crippen molar-refractivity contribution < 1.29 is 23.7 Å². The first kappa shape index (κ1) is 19.6. The van der Waals surface area contributed by atoms with E-state index in [-0.39, 0.29) is 5.41 Å². The molecule has 22 heavy (non-hydrogen) atoms. The van der Waals surface area contributed by atoms with E-state index in [4.69, 9.17) is 18.9 Å². The Labute approximate surface area is 134 Å². The number of carbonyl (C=O) groups excluding carboxylic acids is 1. The van der Waals surface area contributed by atoms with Crippen molar-refractivity contribution in [2.45, 2.75) is 51.4 Å². The number of hydrogen-bond donors (Lipinski definition) is 0.